The molecule has 3 aromatic rings. The summed E-state index contributed by atoms with van der Waals surface area (Å²) in [7, 11) is 0. The first-order chi connectivity index (χ1) is 15.0. The summed E-state index contributed by atoms with van der Waals surface area (Å²) in [6, 6.07) is 25.0. The molecule has 0 aliphatic heterocycles. The van der Waals surface area contributed by atoms with Gasteiger partial charge in [-0.25, -0.2) is 0 Å². The van der Waals surface area contributed by atoms with Crippen LogP contribution in [0.15, 0.2) is 87.5 Å². The van der Waals surface area contributed by atoms with Crippen LogP contribution in [0.5, 0.6) is 0 Å². The molecule has 0 amide bonds. The van der Waals surface area contributed by atoms with Gasteiger partial charge in [0.2, 0.25) is 0 Å². The zero-order valence-electron chi connectivity index (χ0n) is 23.0. The number of thiol groups is 3. The molecule has 0 saturated carbocycles. The lowest BCUT2D eigenvalue weighted by atomic mass is 9.87. The van der Waals surface area contributed by atoms with E-state index < -0.39 is 0 Å². The van der Waals surface area contributed by atoms with Gasteiger partial charge in [0.25, 0.3) is 0 Å². The van der Waals surface area contributed by atoms with Crippen molar-refractivity contribution in [2.45, 2.75) is 93.2 Å². The minimum atomic E-state index is 0. The predicted octanol–water partition coefficient (Wildman–Crippen LogP) is 11.7. The van der Waals surface area contributed by atoms with Gasteiger partial charge in [-0.05, 0) is 69.3 Å². The van der Waals surface area contributed by atoms with Gasteiger partial charge in [0.15, 0.2) is 0 Å². The van der Waals surface area contributed by atoms with Gasteiger partial charge in [-0.15, -0.1) is 110 Å². The van der Waals surface area contributed by atoms with Crippen LogP contribution < -0.4 is 0 Å². The highest BCUT2D eigenvalue weighted by molar-refractivity contribution is 14.0. The average molecular weight is 883 g/mol. The largest absolute Gasteiger partial charge is 0.143 e. The molecule has 0 saturated heterocycles. The average Bonchev–Trinajstić information content (AvgIpc) is 2.68. The lowest BCUT2D eigenvalue weighted by Crippen LogP contribution is -2.10. The molecule has 0 fully saturated rings. The molecule has 204 valence electrons. The highest BCUT2D eigenvalue weighted by Crippen LogP contribution is 2.24. The van der Waals surface area contributed by atoms with E-state index in [-0.39, 0.29) is 88.2 Å². The van der Waals surface area contributed by atoms with Crippen molar-refractivity contribution in [2.24, 2.45) is 0 Å². The van der Waals surface area contributed by atoms with Crippen LogP contribution in [0.25, 0.3) is 0 Å². The SMILES string of the molecule is CC(C)(C)c1ccc(S)cc1.CC(C)(C)c1ccc(S)cc1.CC(C)(C)c1ccc(S)cc1.I.I.I. The van der Waals surface area contributed by atoms with Crippen LogP contribution in [-0.4, -0.2) is 0 Å². The second-order valence-corrected chi connectivity index (χ2v) is 12.9. The Morgan fingerprint density at radius 2 is 0.472 bits per heavy atom. The Morgan fingerprint density at radius 3 is 0.583 bits per heavy atom. The third kappa shape index (κ3) is 16.8. The molecule has 0 N–H and O–H groups in total. The van der Waals surface area contributed by atoms with Crippen molar-refractivity contribution in [1.82, 2.24) is 0 Å². The van der Waals surface area contributed by atoms with Crippen LogP contribution in [0.1, 0.15) is 79.0 Å². The molecule has 36 heavy (non-hydrogen) atoms. The van der Waals surface area contributed by atoms with Crippen molar-refractivity contribution in [3.8, 4) is 0 Å². The maximum Gasteiger partial charge on any atom is 0.00401 e. The Balaban J connectivity index is -0.000000436. The Morgan fingerprint density at radius 1 is 0.333 bits per heavy atom. The van der Waals surface area contributed by atoms with Gasteiger partial charge >= 0.3 is 0 Å². The maximum absolute atomic E-state index is 4.23. The lowest BCUT2D eigenvalue weighted by Gasteiger charge is -2.18. The predicted molar refractivity (Wildman–Crippen MR) is 203 cm³/mol. The highest BCUT2D eigenvalue weighted by Gasteiger charge is 2.13. The van der Waals surface area contributed by atoms with Gasteiger partial charge in [-0.1, -0.05) is 98.7 Å². The summed E-state index contributed by atoms with van der Waals surface area (Å²) in [5.74, 6) is 0. The second-order valence-electron chi connectivity index (χ2n) is 11.4. The first-order valence-electron chi connectivity index (χ1n) is 11.4. The van der Waals surface area contributed by atoms with Crippen molar-refractivity contribution < 1.29 is 0 Å². The van der Waals surface area contributed by atoms with Crippen LogP contribution in [-0.2, 0) is 16.2 Å². The second kappa shape index (κ2) is 18.3. The molecule has 0 radical (unpaired) electrons. The monoisotopic (exact) mass is 882 g/mol. The van der Waals surface area contributed by atoms with Crippen molar-refractivity contribution in [1.29, 1.82) is 0 Å². The lowest BCUT2D eigenvalue weighted by molar-refractivity contribution is 0.589. The fraction of sp³-hybridized carbons (Fsp3) is 0.400. The normalized spacial score (nSPS) is 10.7. The maximum atomic E-state index is 4.23. The summed E-state index contributed by atoms with van der Waals surface area (Å²) in [6.45, 7) is 19.9. The first-order valence-corrected chi connectivity index (χ1v) is 12.7. The Labute approximate surface area is 289 Å². The fourth-order valence-electron chi connectivity index (χ4n) is 2.88. The Kier molecular flexibility index (Phi) is 21.0. The third-order valence-corrected chi connectivity index (χ3v) is 6.09. The van der Waals surface area contributed by atoms with Crippen molar-refractivity contribution in [2.75, 3.05) is 0 Å². The summed E-state index contributed by atoms with van der Waals surface area (Å²) in [4.78, 5) is 3.08. The van der Waals surface area contributed by atoms with Gasteiger partial charge in [0.05, 0.1) is 0 Å². The minimum absolute atomic E-state index is 0. The molecule has 0 aromatic heterocycles. The Hall–Kier alpha value is 0.900. The van der Waals surface area contributed by atoms with Crippen LogP contribution in [0.3, 0.4) is 0 Å². The van der Waals surface area contributed by atoms with Gasteiger partial charge in [0, 0.05) is 14.7 Å². The van der Waals surface area contributed by atoms with Gasteiger partial charge in [-0.3, -0.25) is 0 Å². The van der Waals surface area contributed by atoms with E-state index in [4.69, 9.17) is 0 Å². The van der Waals surface area contributed by atoms with E-state index in [1.54, 1.807) is 0 Å². The summed E-state index contributed by atoms with van der Waals surface area (Å²) < 4.78 is 0. The summed E-state index contributed by atoms with van der Waals surface area (Å²) in [6.07, 6.45) is 0. The van der Waals surface area contributed by atoms with Crippen LogP contribution in [0, 0.1) is 0 Å². The first kappa shape index (κ1) is 41.4. The van der Waals surface area contributed by atoms with E-state index in [1.807, 2.05) is 36.4 Å². The van der Waals surface area contributed by atoms with E-state index in [9.17, 15) is 0 Å². The number of hydrogen-bond donors (Lipinski definition) is 3. The van der Waals surface area contributed by atoms with Crippen LogP contribution in [0.4, 0.5) is 0 Å². The molecule has 0 spiro atoms. The molecule has 0 aliphatic carbocycles. The van der Waals surface area contributed by atoms with Gasteiger partial charge in [0.1, 0.15) is 0 Å². The minimum Gasteiger partial charge on any atom is -0.143 e. The molecule has 6 heteroatoms. The molecule has 0 atom stereocenters. The summed E-state index contributed by atoms with van der Waals surface area (Å²) >= 11 is 12.7. The molecule has 0 bridgehead atoms. The highest BCUT2D eigenvalue weighted by atomic mass is 127. The van der Waals surface area contributed by atoms with Gasteiger partial charge < -0.3 is 0 Å². The van der Waals surface area contributed by atoms with Crippen molar-refractivity contribution in [3.63, 3.8) is 0 Å². The molecule has 0 heterocycles. The molecule has 3 aromatic carbocycles. The van der Waals surface area contributed by atoms with E-state index >= 15 is 0 Å². The van der Waals surface area contributed by atoms with Crippen molar-refractivity contribution >= 4 is 110 Å². The molecule has 0 nitrogen and oxygen atoms in total. The smallest absolute Gasteiger partial charge is 0.00401 e. The summed E-state index contributed by atoms with van der Waals surface area (Å²) in [5, 5.41) is 0. The molecular weight excluding hydrogens is 837 g/mol. The van der Waals surface area contributed by atoms with Crippen LogP contribution in [0.2, 0.25) is 0 Å². The number of hydrogen-bond acceptors (Lipinski definition) is 3. The topological polar surface area (TPSA) is 0 Å². The van der Waals surface area contributed by atoms with Crippen LogP contribution >= 0.6 is 110 Å². The standard InChI is InChI=1S/3C10H14S.3HI/c3*1-10(2,3)8-4-6-9(11)7-5-8;;;/h3*4-7,11H,1-3H3;3*1H. The van der Waals surface area contributed by atoms with E-state index in [0.717, 1.165) is 14.7 Å². The third-order valence-electron chi connectivity index (χ3n) is 5.20. The quantitative estimate of drug-likeness (QED) is 0.145. The summed E-state index contributed by atoms with van der Waals surface area (Å²) in [5.41, 5.74) is 4.82. The zero-order valence-corrected chi connectivity index (χ0v) is 32.7. The Bertz CT molecular complexity index is 831. The van der Waals surface area contributed by atoms with E-state index in [1.165, 1.54) is 16.7 Å². The molecular formula is C30H45I3S3. The zero-order chi connectivity index (χ0) is 25.4. The van der Waals surface area contributed by atoms with E-state index in [0.29, 0.717) is 0 Å². The van der Waals surface area contributed by atoms with Crippen molar-refractivity contribution in [3.05, 3.63) is 89.5 Å². The number of halogens is 3. The molecule has 0 unspecified atom stereocenters. The molecule has 0 aliphatic rings. The molecule has 3 rings (SSSR count). The number of benzene rings is 3. The fourth-order valence-corrected chi connectivity index (χ4v) is 3.33. The van der Waals surface area contributed by atoms with Gasteiger partial charge in [-0.2, -0.15) is 0 Å². The van der Waals surface area contributed by atoms with E-state index in [2.05, 4.69) is 137 Å². The number of rotatable bonds is 0.